The van der Waals surface area contributed by atoms with Gasteiger partial charge in [-0.25, -0.2) is 0 Å². The van der Waals surface area contributed by atoms with E-state index in [4.69, 9.17) is 9.47 Å². The van der Waals surface area contributed by atoms with E-state index in [-0.39, 0.29) is 37.0 Å². The third-order valence-electron chi connectivity index (χ3n) is 5.73. The molecule has 0 N–H and O–H groups in total. The number of nitrogens with zero attached hydrogens (tertiary/aromatic N) is 1. The van der Waals surface area contributed by atoms with Crippen LogP contribution in [0.4, 0.5) is 0 Å². The number of ether oxygens (including phenoxy) is 2. The molecule has 1 aliphatic heterocycles. The maximum Gasteiger partial charge on any atom is 0.321 e. The first-order valence-electron chi connectivity index (χ1n) is 10.0. The molecule has 0 saturated carbocycles. The molecule has 0 amide bonds. The first-order chi connectivity index (χ1) is 15.9. The second-order valence-corrected chi connectivity index (χ2v) is 9.15. The van der Waals surface area contributed by atoms with Gasteiger partial charge in [0.05, 0.1) is 31.1 Å². The summed E-state index contributed by atoms with van der Waals surface area (Å²) in [6.07, 6.45) is 2.20. The van der Waals surface area contributed by atoms with Crippen molar-refractivity contribution in [1.29, 1.82) is 0 Å². The number of rotatable bonds is 4. The molecule has 0 unspecified atom stereocenters. The fourth-order valence-electron chi connectivity index (χ4n) is 4.35. The van der Waals surface area contributed by atoms with Crippen LogP contribution in [-0.2, 0) is 22.6 Å². The van der Waals surface area contributed by atoms with Gasteiger partial charge < -0.3 is 14.0 Å². The Morgan fingerprint density at radius 2 is 1.39 bits per heavy atom. The molecule has 166 valence electrons. The molecule has 0 spiro atoms. The van der Waals surface area contributed by atoms with Crippen LogP contribution in [0, 0.1) is 0 Å². The van der Waals surface area contributed by atoms with Gasteiger partial charge in [0, 0.05) is 24.9 Å². The van der Waals surface area contributed by atoms with Crippen LogP contribution >= 0.6 is 45.2 Å². The van der Waals surface area contributed by atoms with Crippen molar-refractivity contribution < 1.29 is 28.7 Å². The third kappa shape index (κ3) is 3.70. The summed E-state index contributed by atoms with van der Waals surface area (Å²) in [5.74, 6) is -1.98. The van der Waals surface area contributed by atoms with E-state index >= 15 is 0 Å². The Balaban J connectivity index is 1.69. The lowest BCUT2D eigenvalue weighted by molar-refractivity contribution is -0.132. The molecule has 5 rings (SSSR count). The zero-order chi connectivity index (χ0) is 23.3. The van der Waals surface area contributed by atoms with Crippen molar-refractivity contribution in [1.82, 2.24) is 4.57 Å². The van der Waals surface area contributed by atoms with E-state index in [1.54, 1.807) is 6.20 Å². The number of halogens is 2. The normalized spacial score (nSPS) is 13.5. The summed E-state index contributed by atoms with van der Waals surface area (Å²) in [5.41, 5.74) is 3.45. The van der Waals surface area contributed by atoms with Gasteiger partial charge in [0.2, 0.25) is 0 Å². The monoisotopic (exact) mass is 667 g/mol. The maximum atomic E-state index is 13.8. The summed E-state index contributed by atoms with van der Waals surface area (Å²) in [7, 11) is 0. The molecular formula is C24H15I2NO6. The zero-order valence-corrected chi connectivity index (χ0v) is 21.3. The lowest BCUT2D eigenvalue weighted by Gasteiger charge is -2.22. The number of carbonyl (C=O) groups is 4. The SMILES string of the molecule is O=C(CI)Oc1ccc(OC(=O)CI)c2c1C(=O)c1cn3c(c1C2=O)Cc1ccccc1C3. The lowest BCUT2D eigenvalue weighted by Crippen LogP contribution is -2.25. The largest absolute Gasteiger partial charge is 0.425 e. The summed E-state index contributed by atoms with van der Waals surface area (Å²) in [5, 5.41) is 0. The van der Waals surface area contributed by atoms with Gasteiger partial charge >= 0.3 is 11.9 Å². The fourth-order valence-corrected chi connectivity index (χ4v) is 4.66. The summed E-state index contributed by atoms with van der Waals surface area (Å²) in [6, 6.07) is 10.7. The van der Waals surface area contributed by atoms with Crippen molar-refractivity contribution in [3.63, 3.8) is 0 Å². The van der Waals surface area contributed by atoms with E-state index in [1.807, 2.05) is 74.0 Å². The number of benzene rings is 2. The maximum absolute atomic E-state index is 13.8. The number of ketones is 2. The van der Waals surface area contributed by atoms with Gasteiger partial charge in [-0.3, -0.25) is 19.2 Å². The van der Waals surface area contributed by atoms with Crippen LogP contribution in [0.2, 0.25) is 0 Å². The minimum atomic E-state index is -0.549. The van der Waals surface area contributed by atoms with Crippen molar-refractivity contribution >= 4 is 68.7 Å². The van der Waals surface area contributed by atoms with Crippen molar-refractivity contribution in [3.05, 3.63) is 81.7 Å². The topological polar surface area (TPSA) is 91.7 Å². The third-order valence-corrected chi connectivity index (χ3v) is 6.97. The Labute approximate surface area is 215 Å². The van der Waals surface area contributed by atoms with Crippen molar-refractivity contribution in [2.75, 3.05) is 8.86 Å². The molecule has 9 heteroatoms. The second-order valence-electron chi connectivity index (χ2n) is 7.62. The predicted octanol–water partition coefficient (Wildman–Crippen LogP) is 3.90. The minimum Gasteiger partial charge on any atom is -0.425 e. The molecule has 2 aromatic carbocycles. The molecule has 7 nitrogen and oxygen atoms in total. The van der Waals surface area contributed by atoms with Gasteiger partial charge in [0.15, 0.2) is 11.6 Å². The molecule has 0 fully saturated rings. The van der Waals surface area contributed by atoms with Crippen LogP contribution in [0.5, 0.6) is 11.5 Å². The van der Waals surface area contributed by atoms with E-state index in [0.29, 0.717) is 18.5 Å². The van der Waals surface area contributed by atoms with Crippen LogP contribution < -0.4 is 9.47 Å². The molecular weight excluding hydrogens is 652 g/mol. The summed E-state index contributed by atoms with van der Waals surface area (Å²) in [6.45, 7) is 0.544. The molecule has 0 radical (unpaired) electrons. The average molecular weight is 667 g/mol. The van der Waals surface area contributed by atoms with E-state index in [2.05, 4.69) is 0 Å². The fraction of sp³-hybridized carbons (Fsp3) is 0.167. The van der Waals surface area contributed by atoms with Gasteiger partial charge in [-0.15, -0.1) is 0 Å². The van der Waals surface area contributed by atoms with Gasteiger partial charge in [-0.1, -0.05) is 69.4 Å². The van der Waals surface area contributed by atoms with Crippen molar-refractivity contribution in [2.24, 2.45) is 0 Å². The predicted molar refractivity (Wildman–Crippen MR) is 135 cm³/mol. The Morgan fingerprint density at radius 3 is 2.00 bits per heavy atom. The summed E-state index contributed by atoms with van der Waals surface area (Å²) in [4.78, 5) is 51.4. The first-order valence-corrected chi connectivity index (χ1v) is 13.1. The Morgan fingerprint density at radius 1 is 0.818 bits per heavy atom. The molecule has 0 atom stereocenters. The number of alkyl halides is 2. The number of hydrogen-bond donors (Lipinski definition) is 0. The Bertz CT molecular complexity index is 1370. The van der Waals surface area contributed by atoms with Crippen LogP contribution in [0.1, 0.15) is 48.7 Å². The van der Waals surface area contributed by atoms with Crippen molar-refractivity contribution in [3.8, 4) is 11.5 Å². The molecule has 0 saturated heterocycles. The minimum absolute atomic E-state index is 0.0129. The highest BCUT2D eigenvalue weighted by Crippen LogP contribution is 2.42. The molecule has 1 aromatic heterocycles. The number of esters is 2. The lowest BCUT2D eigenvalue weighted by atomic mass is 9.83. The Hall–Kier alpha value is -2.54. The number of aromatic nitrogens is 1. The van der Waals surface area contributed by atoms with Crippen LogP contribution in [0.15, 0.2) is 42.6 Å². The van der Waals surface area contributed by atoms with E-state index in [9.17, 15) is 19.2 Å². The van der Waals surface area contributed by atoms with Crippen LogP contribution in [0.3, 0.4) is 0 Å². The van der Waals surface area contributed by atoms with E-state index in [0.717, 1.165) is 16.8 Å². The highest BCUT2D eigenvalue weighted by molar-refractivity contribution is 14.1. The zero-order valence-electron chi connectivity index (χ0n) is 17.0. The highest BCUT2D eigenvalue weighted by Gasteiger charge is 2.40. The molecule has 0 bridgehead atoms. The smallest absolute Gasteiger partial charge is 0.321 e. The number of hydrogen-bond acceptors (Lipinski definition) is 6. The highest BCUT2D eigenvalue weighted by atomic mass is 127. The Kier molecular flexibility index (Phi) is 5.85. The van der Waals surface area contributed by atoms with Crippen LogP contribution in [0.25, 0.3) is 0 Å². The molecule has 2 aliphatic rings. The average Bonchev–Trinajstić information content (AvgIpc) is 3.20. The van der Waals surface area contributed by atoms with Gasteiger partial charge in [0.25, 0.3) is 0 Å². The van der Waals surface area contributed by atoms with Gasteiger partial charge in [0.1, 0.15) is 11.5 Å². The molecule has 2 heterocycles. The van der Waals surface area contributed by atoms with Crippen LogP contribution in [-0.4, -0.2) is 36.9 Å². The quantitative estimate of drug-likeness (QED) is 0.125. The molecule has 3 aromatic rings. The van der Waals surface area contributed by atoms with E-state index < -0.39 is 23.5 Å². The summed E-state index contributed by atoms with van der Waals surface area (Å²) >= 11 is 3.72. The molecule has 1 aliphatic carbocycles. The number of carbonyl (C=O) groups excluding carboxylic acids is 4. The first kappa shape index (κ1) is 22.3. The van der Waals surface area contributed by atoms with Crippen molar-refractivity contribution in [2.45, 2.75) is 13.0 Å². The van der Waals surface area contributed by atoms with Gasteiger partial charge in [-0.2, -0.15) is 0 Å². The number of fused-ring (bicyclic) bond motifs is 5. The summed E-state index contributed by atoms with van der Waals surface area (Å²) < 4.78 is 12.8. The second kappa shape index (κ2) is 8.67. The van der Waals surface area contributed by atoms with Gasteiger partial charge in [-0.05, 0) is 23.3 Å². The molecule has 33 heavy (non-hydrogen) atoms. The van der Waals surface area contributed by atoms with E-state index in [1.165, 1.54) is 12.1 Å². The standard InChI is InChI=1S/C24H15I2NO6/c25-8-18(28)32-16-5-6-17(33-19(29)9-26)22-21(16)23(30)14-11-27-10-13-4-2-1-3-12(13)7-15(27)20(14)24(22)31/h1-6,11H,7-10H2.